The van der Waals surface area contributed by atoms with Gasteiger partial charge in [0.2, 0.25) is 0 Å². The van der Waals surface area contributed by atoms with Gasteiger partial charge < -0.3 is 9.72 Å². The molecule has 0 spiro atoms. The first-order valence-electron chi connectivity index (χ1n) is 5.14. The fourth-order valence-corrected chi connectivity index (χ4v) is 1.25. The zero-order valence-electron chi connectivity index (χ0n) is 9.82. The molecular weight excluding hydrogens is 299 g/mol. The highest BCUT2D eigenvalue weighted by atomic mass is 19.4. The Hall–Kier alpha value is -1.74. The van der Waals surface area contributed by atoms with Gasteiger partial charge in [-0.25, -0.2) is 4.79 Å². The molecule has 0 fully saturated rings. The van der Waals surface area contributed by atoms with E-state index in [0.29, 0.717) is 6.07 Å². The average molecular weight is 307 g/mol. The van der Waals surface area contributed by atoms with Crippen molar-refractivity contribution >= 4 is 5.97 Å². The van der Waals surface area contributed by atoms with Gasteiger partial charge in [-0.1, -0.05) is 0 Å². The number of H-pyrrole nitrogens is 1. The Morgan fingerprint density at radius 3 is 2.15 bits per heavy atom. The molecule has 0 aliphatic heterocycles. The number of esters is 1. The summed E-state index contributed by atoms with van der Waals surface area (Å²) >= 11 is 0. The highest BCUT2D eigenvalue weighted by Gasteiger charge is 2.74. The number of halogens is 7. The fourth-order valence-electron chi connectivity index (χ4n) is 1.25. The van der Waals surface area contributed by atoms with Crippen molar-refractivity contribution in [2.45, 2.75) is 24.9 Å². The smallest absolute Gasteiger partial charge is 0.460 e. The van der Waals surface area contributed by atoms with Gasteiger partial charge in [-0.15, -0.1) is 0 Å². The van der Waals surface area contributed by atoms with E-state index < -0.39 is 35.4 Å². The number of carbonyl (C=O) groups is 1. The SMILES string of the molecule is CCOC(=O)c1ccc(C(F)(F)C(F)(F)C(F)(F)F)[nH]1. The van der Waals surface area contributed by atoms with Crippen LogP contribution in [0.25, 0.3) is 0 Å². The highest BCUT2D eigenvalue weighted by molar-refractivity contribution is 5.87. The van der Waals surface area contributed by atoms with Crippen molar-refractivity contribution in [1.82, 2.24) is 4.98 Å². The third-order valence-corrected chi connectivity index (χ3v) is 2.27. The van der Waals surface area contributed by atoms with Crippen LogP contribution in [-0.4, -0.2) is 29.7 Å². The van der Waals surface area contributed by atoms with E-state index in [4.69, 9.17) is 0 Å². The van der Waals surface area contributed by atoms with Crippen LogP contribution in [0.1, 0.15) is 23.1 Å². The van der Waals surface area contributed by atoms with Crippen LogP contribution >= 0.6 is 0 Å². The fraction of sp³-hybridized carbons (Fsp3) is 0.500. The van der Waals surface area contributed by atoms with Crippen molar-refractivity contribution in [2.24, 2.45) is 0 Å². The molecule has 1 heterocycles. The zero-order chi connectivity index (χ0) is 15.8. The zero-order valence-corrected chi connectivity index (χ0v) is 9.82. The predicted octanol–water partition coefficient (Wildman–Crippen LogP) is 3.48. The molecule has 20 heavy (non-hydrogen) atoms. The lowest BCUT2D eigenvalue weighted by molar-refractivity contribution is -0.360. The molecule has 1 aromatic rings. The van der Waals surface area contributed by atoms with Gasteiger partial charge >= 0.3 is 24.0 Å². The average Bonchev–Trinajstić information content (AvgIpc) is 2.77. The first-order valence-corrected chi connectivity index (χ1v) is 5.14. The number of aromatic amines is 1. The van der Waals surface area contributed by atoms with Crippen LogP contribution in [0.3, 0.4) is 0 Å². The minimum atomic E-state index is -6.44. The lowest BCUT2D eigenvalue weighted by Crippen LogP contribution is -2.50. The number of ether oxygens (including phenoxy) is 1. The Morgan fingerprint density at radius 1 is 1.15 bits per heavy atom. The van der Waals surface area contributed by atoms with Crippen LogP contribution in [0, 0.1) is 0 Å². The van der Waals surface area contributed by atoms with Crippen molar-refractivity contribution in [1.29, 1.82) is 0 Å². The van der Waals surface area contributed by atoms with Crippen molar-refractivity contribution in [2.75, 3.05) is 6.61 Å². The van der Waals surface area contributed by atoms with E-state index >= 15 is 0 Å². The number of aromatic nitrogens is 1. The van der Waals surface area contributed by atoms with E-state index in [2.05, 4.69) is 4.74 Å². The van der Waals surface area contributed by atoms with E-state index in [0.717, 1.165) is 0 Å². The largest absolute Gasteiger partial charge is 0.461 e. The number of rotatable bonds is 4. The van der Waals surface area contributed by atoms with Crippen LogP contribution in [0.4, 0.5) is 30.7 Å². The molecule has 0 aliphatic rings. The van der Waals surface area contributed by atoms with Gasteiger partial charge in [0.05, 0.1) is 12.3 Å². The Labute approximate surface area is 107 Å². The second-order valence-corrected chi connectivity index (χ2v) is 3.65. The van der Waals surface area contributed by atoms with Crippen LogP contribution in [0.15, 0.2) is 12.1 Å². The van der Waals surface area contributed by atoms with Gasteiger partial charge in [-0.2, -0.15) is 30.7 Å². The van der Waals surface area contributed by atoms with Gasteiger partial charge in [0, 0.05) is 0 Å². The lowest BCUT2D eigenvalue weighted by Gasteiger charge is -2.27. The van der Waals surface area contributed by atoms with Crippen LogP contribution < -0.4 is 0 Å². The maximum Gasteiger partial charge on any atom is 0.460 e. The van der Waals surface area contributed by atoms with Crippen LogP contribution in [0.5, 0.6) is 0 Å². The molecule has 0 saturated carbocycles. The van der Waals surface area contributed by atoms with E-state index in [1.54, 1.807) is 0 Å². The van der Waals surface area contributed by atoms with Crippen molar-refractivity contribution in [3.05, 3.63) is 23.5 Å². The summed E-state index contributed by atoms with van der Waals surface area (Å²) in [6, 6.07) is 0.902. The molecule has 0 bridgehead atoms. The Morgan fingerprint density at radius 2 is 1.70 bits per heavy atom. The molecule has 3 nitrogen and oxygen atoms in total. The summed E-state index contributed by atoms with van der Waals surface area (Å²) in [5.41, 5.74) is -2.39. The van der Waals surface area contributed by atoms with Gasteiger partial charge in [-0.3, -0.25) is 0 Å². The molecule has 0 atom stereocenters. The van der Waals surface area contributed by atoms with E-state index in [9.17, 15) is 35.5 Å². The summed E-state index contributed by atoms with van der Waals surface area (Å²) in [5, 5.41) is 0. The highest BCUT2D eigenvalue weighted by Crippen LogP contribution is 2.51. The number of nitrogens with one attached hydrogen (secondary N) is 1. The second kappa shape index (κ2) is 4.98. The molecule has 0 unspecified atom stereocenters. The molecule has 0 amide bonds. The second-order valence-electron chi connectivity index (χ2n) is 3.65. The van der Waals surface area contributed by atoms with E-state index in [1.165, 1.54) is 11.9 Å². The number of carbonyl (C=O) groups excluding carboxylic acids is 1. The molecule has 0 aliphatic carbocycles. The van der Waals surface area contributed by atoms with Gasteiger partial charge in [0.1, 0.15) is 5.69 Å². The van der Waals surface area contributed by atoms with Gasteiger partial charge in [0.15, 0.2) is 0 Å². The molecule has 0 aromatic carbocycles. The summed E-state index contributed by atoms with van der Waals surface area (Å²) < 4.78 is 92.2. The lowest BCUT2D eigenvalue weighted by atomic mass is 10.1. The Bertz CT molecular complexity index is 492. The third-order valence-electron chi connectivity index (χ3n) is 2.27. The molecule has 1 aromatic heterocycles. The van der Waals surface area contributed by atoms with Crippen LogP contribution in [0.2, 0.25) is 0 Å². The van der Waals surface area contributed by atoms with E-state index in [1.807, 2.05) is 0 Å². The summed E-state index contributed by atoms with van der Waals surface area (Å²) in [4.78, 5) is 12.6. The standard InChI is InChI=1S/C10H8F7NO2/c1-2-20-7(19)5-3-4-6(18-5)8(11,12)9(13,14)10(15,16)17/h3-4,18H,2H2,1H3. The predicted molar refractivity (Wildman–Crippen MR) is 51.6 cm³/mol. The molecule has 10 heteroatoms. The number of hydrogen-bond donors (Lipinski definition) is 1. The van der Waals surface area contributed by atoms with Gasteiger partial charge in [0.25, 0.3) is 0 Å². The first kappa shape index (κ1) is 16.3. The normalized spacial score (nSPS) is 13.4. The Balaban J connectivity index is 3.14. The molecule has 0 saturated heterocycles. The molecule has 1 N–H and O–H groups in total. The number of alkyl halides is 7. The topological polar surface area (TPSA) is 42.1 Å². The quantitative estimate of drug-likeness (QED) is 0.683. The van der Waals surface area contributed by atoms with E-state index in [-0.39, 0.29) is 12.7 Å². The minimum absolute atomic E-state index is 0.123. The first-order chi connectivity index (χ1) is 8.95. The monoisotopic (exact) mass is 307 g/mol. The Kier molecular flexibility index (Phi) is 4.07. The van der Waals surface area contributed by atoms with Crippen LogP contribution in [-0.2, 0) is 10.7 Å². The van der Waals surface area contributed by atoms with Gasteiger partial charge in [-0.05, 0) is 19.1 Å². The molecule has 0 radical (unpaired) electrons. The molecular formula is C10H8F7NO2. The summed E-state index contributed by atoms with van der Waals surface area (Å²) in [7, 11) is 0. The molecule has 114 valence electrons. The van der Waals surface area contributed by atoms with Crippen molar-refractivity contribution in [3.63, 3.8) is 0 Å². The van der Waals surface area contributed by atoms with Crippen molar-refractivity contribution < 1.29 is 40.3 Å². The summed E-state index contributed by atoms with van der Waals surface area (Å²) in [6.45, 7) is 1.27. The maximum atomic E-state index is 13.2. The summed E-state index contributed by atoms with van der Waals surface area (Å²) in [6.07, 6.45) is -6.44. The maximum absolute atomic E-state index is 13.2. The molecule has 1 rings (SSSR count). The number of hydrogen-bond acceptors (Lipinski definition) is 2. The third kappa shape index (κ3) is 2.59. The minimum Gasteiger partial charge on any atom is -0.461 e. The van der Waals surface area contributed by atoms with Crippen molar-refractivity contribution in [3.8, 4) is 0 Å². The summed E-state index contributed by atoms with van der Waals surface area (Å²) in [5.74, 6) is -13.0.